The first-order valence-electron chi connectivity index (χ1n) is 10.2. The summed E-state index contributed by atoms with van der Waals surface area (Å²) in [5, 5.41) is 5.09. The number of H-pyrrole nitrogens is 1. The second-order valence-electron chi connectivity index (χ2n) is 7.76. The monoisotopic (exact) mass is 414 g/mol. The first kappa shape index (κ1) is 20.2. The number of nitrogens with two attached hydrogens (primary N) is 1. The highest BCUT2D eigenvalue weighted by Crippen LogP contribution is 2.31. The highest BCUT2D eigenvalue weighted by molar-refractivity contribution is 5.97. The maximum atomic E-state index is 12.7. The number of aromatic nitrogens is 2. The molecule has 2 aliphatic heterocycles. The van der Waals surface area contributed by atoms with E-state index in [1.165, 1.54) is 19.9 Å². The van der Waals surface area contributed by atoms with E-state index in [4.69, 9.17) is 9.47 Å². The van der Waals surface area contributed by atoms with E-state index in [2.05, 4.69) is 20.6 Å². The lowest BCUT2D eigenvalue weighted by atomic mass is 9.80. The van der Waals surface area contributed by atoms with Crippen molar-refractivity contribution < 1.29 is 24.4 Å². The molecule has 160 valence electrons. The molecule has 0 unspecified atom stereocenters. The van der Waals surface area contributed by atoms with Crippen LogP contribution < -0.4 is 20.1 Å². The third-order valence-corrected chi connectivity index (χ3v) is 6.17. The molecule has 30 heavy (non-hydrogen) atoms. The minimum Gasteiger partial charge on any atom is -0.493 e. The molecule has 9 nitrogen and oxygen atoms in total. The molecule has 2 aliphatic rings. The van der Waals surface area contributed by atoms with Crippen molar-refractivity contribution in [1.29, 1.82) is 0 Å². The van der Waals surface area contributed by atoms with Crippen LogP contribution in [0.2, 0.25) is 0 Å². The summed E-state index contributed by atoms with van der Waals surface area (Å²) in [6.45, 7) is 2.32. The summed E-state index contributed by atoms with van der Waals surface area (Å²) in [5.41, 5.74) is 2.75. The molecule has 2 amide bonds. The number of aromatic amines is 1. The number of fused-ring (bicyclic) bond motifs is 2. The number of piperidine rings is 1. The van der Waals surface area contributed by atoms with Crippen molar-refractivity contribution in [3.8, 4) is 11.5 Å². The zero-order chi connectivity index (χ0) is 21.1. The van der Waals surface area contributed by atoms with Crippen LogP contribution in [0.25, 0.3) is 0 Å². The average molecular weight is 414 g/mol. The molecular formula is C21H28N5O4+. The smallest absolute Gasteiger partial charge is 0.251 e. The van der Waals surface area contributed by atoms with Gasteiger partial charge in [0.1, 0.15) is 11.2 Å². The molecule has 0 radical (unpaired) electrons. The summed E-state index contributed by atoms with van der Waals surface area (Å²) in [5.74, 6) is 0.627. The number of nitrogens with one attached hydrogen (secondary N) is 2. The highest BCUT2D eigenvalue weighted by atomic mass is 16.5. The van der Waals surface area contributed by atoms with Crippen LogP contribution in [-0.4, -0.2) is 67.1 Å². The second kappa shape index (κ2) is 8.35. The standard InChI is InChI=1S/C21H27N5O4/c1-29-16-4-3-14(11-17(16)30-2)20(28)22-12-18(27)26-9-6-21(7-10-26)19-15(5-8-25-21)23-13-24-19/h3-4,11,13,25H,5-10,12H2,1-2H3,(H,22,28)(H,23,24)/p+1. The predicted octanol–water partition coefficient (Wildman–Crippen LogP) is -0.206. The Bertz CT molecular complexity index is 933. The summed E-state index contributed by atoms with van der Waals surface area (Å²) >= 11 is 0. The lowest BCUT2D eigenvalue weighted by Crippen LogP contribution is -2.97. The lowest BCUT2D eigenvalue weighted by Gasteiger charge is -2.41. The molecule has 4 N–H and O–H groups in total. The van der Waals surface area contributed by atoms with Crippen LogP contribution >= 0.6 is 0 Å². The second-order valence-corrected chi connectivity index (χ2v) is 7.76. The number of nitrogens with zero attached hydrogens (tertiary/aromatic N) is 2. The molecule has 1 aromatic heterocycles. The predicted molar refractivity (Wildman–Crippen MR) is 108 cm³/mol. The van der Waals surface area contributed by atoms with E-state index in [0.29, 0.717) is 30.2 Å². The van der Waals surface area contributed by atoms with E-state index >= 15 is 0 Å². The molecule has 1 spiro atoms. The Morgan fingerprint density at radius 2 is 2.00 bits per heavy atom. The minimum absolute atomic E-state index is 0.0302. The fourth-order valence-corrected chi connectivity index (χ4v) is 4.47. The topological polar surface area (TPSA) is 113 Å². The quantitative estimate of drug-likeness (QED) is 0.627. The number of likely N-dealkylation sites (tertiary alicyclic amines) is 1. The first-order valence-corrected chi connectivity index (χ1v) is 10.2. The Hall–Kier alpha value is -3.07. The third kappa shape index (κ3) is 3.72. The van der Waals surface area contributed by atoms with Crippen LogP contribution in [-0.2, 0) is 16.8 Å². The Morgan fingerprint density at radius 1 is 1.23 bits per heavy atom. The number of imidazole rings is 1. The summed E-state index contributed by atoms with van der Waals surface area (Å²) < 4.78 is 10.4. The fourth-order valence-electron chi connectivity index (χ4n) is 4.47. The van der Waals surface area contributed by atoms with Gasteiger partial charge in [-0.1, -0.05) is 0 Å². The summed E-state index contributed by atoms with van der Waals surface area (Å²) in [7, 11) is 3.05. The largest absolute Gasteiger partial charge is 0.493 e. The van der Waals surface area contributed by atoms with Gasteiger partial charge in [0, 0.05) is 43.6 Å². The van der Waals surface area contributed by atoms with Gasteiger partial charge in [0.15, 0.2) is 11.5 Å². The number of ether oxygens (including phenoxy) is 2. The molecule has 9 heteroatoms. The number of amides is 2. The molecule has 2 aromatic rings. The number of hydrogen-bond acceptors (Lipinski definition) is 5. The van der Waals surface area contributed by atoms with Crippen molar-refractivity contribution in [3.05, 3.63) is 41.5 Å². The van der Waals surface area contributed by atoms with E-state index in [9.17, 15) is 9.59 Å². The Balaban J connectivity index is 1.32. The minimum atomic E-state index is -0.320. The number of benzene rings is 1. The number of methoxy groups -OCH3 is 2. The number of carbonyl (C=O) groups excluding carboxylic acids is 2. The van der Waals surface area contributed by atoms with Crippen LogP contribution in [0.1, 0.15) is 34.6 Å². The Kier molecular flexibility index (Phi) is 5.63. The molecule has 0 bridgehead atoms. The van der Waals surface area contributed by atoms with E-state index in [1.807, 2.05) is 4.90 Å². The molecule has 1 saturated heterocycles. The maximum Gasteiger partial charge on any atom is 0.251 e. The van der Waals surface area contributed by atoms with Crippen molar-refractivity contribution in [3.63, 3.8) is 0 Å². The van der Waals surface area contributed by atoms with Gasteiger partial charge in [-0.2, -0.15) is 0 Å². The van der Waals surface area contributed by atoms with E-state index in [0.717, 1.165) is 31.5 Å². The van der Waals surface area contributed by atoms with Gasteiger partial charge < -0.3 is 30.0 Å². The number of hydrogen-bond donors (Lipinski definition) is 3. The van der Waals surface area contributed by atoms with Gasteiger partial charge in [0.05, 0.1) is 33.6 Å². The number of rotatable bonds is 5. The van der Waals surface area contributed by atoms with Crippen molar-refractivity contribution in [2.24, 2.45) is 0 Å². The molecular weight excluding hydrogens is 386 g/mol. The van der Waals surface area contributed by atoms with Gasteiger partial charge in [-0.3, -0.25) is 9.59 Å². The molecule has 0 atom stereocenters. The van der Waals surface area contributed by atoms with Crippen LogP contribution in [0.3, 0.4) is 0 Å². The molecule has 4 rings (SSSR count). The summed E-state index contributed by atoms with van der Waals surface area (Å²) in [6.07, 6.45) is 4.50. The summed E-state index contributed by atoms with van der Waals surface area (Å²) in [6, 6.07) is 4.92. The van der Waals surface area contributed by atoms with Gasteiger partial charge in [-0.15, -0.1) is 0 Å². The molecule has 3 heterocycles. The van der Waals surface area contributed by atoms with Crippen LogP contribution in [0.15, 0.2) is 24.5 Å². The normalized spacial score (nSPS) is 17.3. The van der Waals surface area contributed by atoms with Crippen molar-refractivity contribution >= 4 is 11.8 Å². The van der Waals surface area contributed by atoms with Crippen LogP contribution in [0, 0.1) is 0 Å². The summed E-state index contributed by atoms with van der Waals surface area (Å²) in [4.78, 5) is 34.7. The van der Waals surface area contributed by atoms with Crippen molar-refractivity contribution in [1.82, 2.24) is 20.2 Å². The SMILES string of the molecule is COc1ccc(C(=O)NCC(=O)N2CCC3(CC2)[NH2+]CCc2[nH]cnc23)cc1OC. The van der Waals surface area contributed by atoms with E-state index < -0.39 is 0 Å². The van der Waals surface area contributed by atoms with Gasteiger partial charge in [0.2, 0.25) is 5.91 Å². The van der Waals surface area contributed by atoms with E-state index in [-0.39, 0.29) is 23.9 Å². The Morgan fingerprint density at radius 3 is 2.73 bits per heavy atom. The van der Waals surface area contributed by atoms with Gasteiger partial charge in [-0.05, 0) is 18.2 Å². The molecule has 0 saturated carbocycles. The molecule has 0 aliphatic carbocycles. The maximum absolute atomic E-state index is 12.7. The lowest BCUT2D eigenvalue weighted by molar-refractivity contribution is -0.743. The van der Waals surface area contributed by atoms with Crippen LogP contribution in [0.5, 0.6) is 11.5 Å². The molecule has 1 fully saturated rings. The number of quaternary nitrogens is 1. The first-order chi connectivity index (χ1) is 14.6. The highest BCUT2D eigenvalue weighted by Gasteiger charge is 2.45. The number of carbonyl (C=O) groups is 2. The van der Waals surface area contributed by atoms with Gasteiger partial charge in [-0.25, -0.2) is 4.98 Å². The van der Waals surface area contributed by atoms with Crippen molar-refractivity contribution in [2.45, 2.75) is 24.8 Å². The molecule has 1 aromatic carbocycles. The van der Waals surface area contributed by atoms with Crippen molar-refractivity contribution in [2.75, 3.05) is 40.4 Å². The van der Waals surface area contributed by atoms with Gasteiger partial charge >= 0.3 is 0 Å². The Labute approximate surface area is 175 Å². The zero-order valence-electron chi connectivity index (χ0n) is 17.4. The fraction of sp³-hybridized carbons (Fsp3) is 0.476. The van der Waals surface area contributed by atoms with E-state index in [1.54, 1.807) is 24.5 Å². The zero-order valence-corrected chi connectivity index (χ0v) is 17.4. The van der Waals surface area contributed by atoms with Crippen LogP contribution in [0.4, 0.5) is 0 Å². The average Bonchev–Trinajstić information content (AvgIpc) is 3.28. The third-order valence-electron chi connectivity index (χ3n) is 6.17. The van der Waals surface area contributed by atoms with Gasteiger partial charge in [0.25, 0.3) is 5.91 Å².